The van der Waals surface area contributed by atoms with Crippen molar-refractivity contribution in [3.05, 3.63) is 0 Å². The first-order chi connectivity index (χ1) is 11.3. The lowest BCUT2D eigenvalue weighted by Crippen LogP contribution is -2.53. The minimum Gasteiger partial charge on any atom is -0.458 e. The minimum absolute atomic E-state index is 0.0976. The SMILES string of the molecule is CCCCN(CCCC)C(=O)[C@H]1CC(=O)O[C@]12CCOC(C)(C)C2. The van der Waals surface area contributed by atoms with Crippen LogP contribution >= 0.6 is 0 Å². The van der Waals surface area contributed by atoms with Crippen molar-refractivity contribution in [1.29, 1.82) is 0 Å². The molecule has 0 bridgehead atoms. The number of nitrogens with zero attached hydrogens (tertiary/aromatic N) is 1. The summed E-state index contributed by atoms with van der Waals surface area (Å²) in [5.41, 5.74) is -1.04. The molecule has 0 aromatic rings. The zero-order valence-corrected chi connectivity index (χ0v) is 15.7. The van der Waals surface area contributed by atoms with Crippen LogP contribution in [0.2, 0.25) is 0 Å². The van der Waals surface area contributed by atoms with Crippen LogP contribution in [-0.4, -0.2) is 47.7 Å². The fourth-order valence-electron chi connectivity index (χ4n) is 4.00. The number of carbonyl (C=O) groups excluding carboxylic acids is 2. The number of hydrogen-bond acceptors (Lipinski definition) is 4. The minimum atomic E-state index is -0.674. The highest BCUT2D eigenvalue weighted by Crippen LogP contribution is 2.46. The van der Waals surface area contributed by atoms with Gasteiger partial charge in [0.2, 0.25) is 5.91 Å². The van der Waals surface area contributed by atoms with E-state index in [1.54, 1.807) is 0 Å². The van der Waals surface area contributed by atoms with E-state index in [1.807, 2.05) is 18.7 Å². The Bertz CT molecular complexity index is 454. The van der Waals surface area contributed by atoms with Gasteiger partial charge in [-0.05, 0) is 26.7 Å². The first-order valence-electron chi connectivity index (χ1n) is 9.48. The highest BCUT2D eigenvalue weighted by molar-refractivity contribution is 5.88. The molecule has 0 N–H and O–H groups in total. The number of carbonyl (C=O) groups is 2. The average Bonchev–Trinajstić information content (AvgIpc) is 2.81. The topological polar surface area (TPSA) is 55.8 Å². The summed E-state index contributed by atoms with van der Waals surface area (Å²) in [4.78, 5) is 27.3. The number of esters is 1. The highest BCUT2D eigenvalue weighted by atomic mass is 16.6. The molecule has 2 aliphatic rings. The van der Waals surface area contributed by atoms with Gasteiger partial charge in [0.15, 0.2) is 0 Å². The molecule has 0 radical (unpaired) electrons. The number of hydrogen-bond donors (Lipinski definition) is 0. The number of rotatable bonds is 7. The number of ether oxygens (including phenoxy) is 2. The zero-order valence-electron chi connectivity index (χ0n) is 15.7. The van der Waals surface area contributed by atoms with E-state index >= 15 is 0 Å². The highest BCUT2D eigenvalue weighted by Gasteiger charge is 2.57. The van der Waals surface area contributed by atoms with E-state index in [4.69, 9.17) is 9.47 Å². The van der Waals surface area contributed by atoms with E-state index in [2.05, 4.69) is 13.8 Å². The van der Waals surface area contributed by atoms with Gasteiger partial charge in [-0.2, -0.15) is 0 Å². The van der Waals surface area contributed by atoms with Crippen molar-refractivity contribution in [2.75, 3.05) is 19.7 Å². The predicted octanol–water partition coefficient (Wildman–Crippen LogP) is 3.31. The molecule has 24 heavy (non-hydrogen) atoms. The van der Waals surface area contributed by atoms with Gasteiger partial charge >= 0.3 is 5.97 Å². The second-order valence-corrected chi connectivity index (χ2v) is 7.86. The molecule has 5 nitrogen and oxygen atoms in total. The molecular formula is C19H33NO4. The van der Waals surface area contributed by atoms with E-state index in [0.717, 1.165) is 38.8 Å². The molecule has 2 heterocycles. The van der Waals surface area contributed by atoms with Crippen LogP contribution in [0, 0.1) is 5.92 Å². The molecule has 0 aliphatic carbocycles. The smallest absolute Gasteiger partial charge is 0.307 e. The summed E-state index contributed by atoms with van der Waals surface area (Å²) in [6, 6.07) is 0. The van der Waals surface area contributed by atoms with Crippen LogP contribution in [-0.2, 0) is 19.1 Å². The first-order valence-corrected chi connectivity index (χ1v) is 9.48. The molecule has 0 saturated carbocycles. The van der Waals surface area contributed by atoms with Gasteiger partial charge in [0.1, 0.15) is 5.60 Å². The van der Waals surface area contributed by atoms with Crippen LogP contribution in [0.4, 0.5) is 0 Å². The summed E-state index contributed by atoms with van der Waals surface area (Å²) in [5, 5.41) is 0. The zero-order chi connectivity index (χ0) is 17.8. The third-order valence-corrected chi connectivity index (χ3v) is 5.24. The molecule has 2 aliphatic heterocycles. The van der Waals surface area contributed by atoms with Gasteiger partial charge in [0, 0.05) is 25.9 Å². The molecule has 2 fully saturated rings. The molecule has 138 valence electrons. The van der Waals surface area contributed by atoms with E-state index < -0.39 is 5.60 Å². The fourth-order valence-corrected chi connectivity index (χ4v) is 4.00. The fraction of sp³-hybridized carbons (Fsp3) is 0.895. The normalized spacial score (nSPS) is 28.8. The lowest BCUT2D eigenvalue weighted by atomic mass is 9.75. The second kappa shape index (κ2) is 7.85. The predicted molar refractivity (Wildman–Crippen MR) is 92.6 cm³/mol. The molecule has 1 spiro atoms. The Kier molecular flexibility index (Phi) is 6.29. The van der Waals surface area contributed by atoms with Crippen molar-refractivity contribution in [3.8, 4) is 0 Å². The monoisotopic (exact) mass is 339 g/mol. The summed E-state index contributed by atoms with van der Waals surface area (Å²) < 4.78 is 11.5. The summed E-state index contributed by atoms with van der Waals surface area (Å²) in [6.07, 6.45) is 5.54. The quantitative estimate of drug-likeness (QED) is 0.668. The van der Waals surface area contributed by atoms with Crippen molar-refractivity contribution in [2.45, 2.75) is 83.8 Å². The summed E-state index contributed by atoms with van der Waals surface area (Å²) in [6.45, 7) is 10.4. The van der Waals surface area contributed by atoms with Crippen LogP contribution in [0.1, 0.15) is 72.6 Å². The standard InChI is InChI=1S/C19H33NO4/c1-5-7-10-20(11-8-6-2)17(22)15-13-16(21)24-19(15)9-12-23-18(3,4)14-19/h15H,5-14H2,1-4H3/t15-,19+/m1/s1. The number of unbranched alkanes of at least 4 members (excludes halogenated alkanes) is 2. The average molecular weight is 339 g/mol. The van der Waals surface area contributed by atoms with Gasteiger partial charge in [-0.3, -0.25) is 9.59 Å². The lowest BCUT2D eigenvalue weighted by molar-refractivity contribution is -0.181. The van der Waals surface area contributed by atoms with Gasteiger partial charge in [-0.25, -0.2) is 0 Å². The first kappa shape index (κ1) is 19.2. The Balaban J connectivity index is 2.18. The largest absolute Gasteiger partial charge is 0.458 e. The maximum Gasteiger partial charge on any atom is 0.307 e. The van der Waals surface area contributed by atoms with Crippen molar-refractivity contribution < 1.29 is 19.1 Å². The van der Waals surface area contributed by atoms with Crippen LogP contribution in [0.15, 0.2) is 0 Å². The summed E-state index contributed by atoms with van der Waals surface area (Å²) >= 11 is 0. The Hall–Kier alpha value is -1.10. The molecule has 0 aromatic heterocycles. The maximum absolute atomic E-state index is 13.2. The van der Waals surface area contributed by atoms with Crippen LogP contribution in [0.5, 0.6) is 0 Å². The molecule has 2 saturated heterocycles. The molecule has 2 atom stereocenters. The van der Waals surface area contributed by atoms with E-state index in [9.17, 15) is 9.59 Å². The Morgan fingerprint density at radius 1 is 1.21 bits per heavy atom. The van der Waals surface area contributed by atoms with Crippen LogP contribution in [0.3, 0.4) is 0 Å². The third kappa shape index (κ3) is 4.29. The molecule has 1 amide bonds. The maximum atomic E-state index is 13.2. The summed E-state index contributed by atoms with van der Waals surface area (Å²) in [5.74, 6) is -0.501. The van der Waals surface area contributed by atoms with E-state index in [1.165, 1.54) is 0 Å². The van der Waals surface area contributed by atoms with Gasteiger partial charge in [0.25, 0.3) is 0 Å². The molecule has 2 rings (SSSR count). The Labute approximate surface area is 146 Å². The van der Waals surface area contributed by atoms with Gasteiger partial charge in [-0.15, -0.1) is 0 Å². The Morgan fingerprint density at radius 3 is 2.38 bits per heavy atom. The van der Waals surface area contributed by atoms with Crippen molar-refractivity contribution in [3.63, 3.8) is 0 Å². The third-order valence-electron chi connectivity index (χ3n) is 5.24. The molecule has 0 aromatic carbocycles. The molecule has 0 unspecified atom stereocenters. The van der Waals surface area contributed by atoms with Crippen LogP contribution in [0.25, 0.3) is 0 Å². The van der Waals surface area contributed by atoms with Gasteiger partial charge < -0.3 is 14.4 Å². The van der Waals surface area contributed by atoms with Gasteiger partial charge in [0.05, 0.1) is 24.5 Å². The lowest BCUT2D eigenvalue weighted by Gasteiger charge is -2.44. The van der Waals surface area contributed by atoms with E-state index in [0.29, 0.717) is 19.4 Å². The van der Waals surface area contributed by atoms with Gasteiger partial charge in [-0.1, -0.05) is 26.7 Å². The number of amides is 1. The van der Waals surface area contributed by atoms with Crippen molar-refractivity contribution in [2.24, 2.45) is 5.92 Å². The van der Waals surface area contributed by atoms with E-state index in [-0.39, 0.29) is 29.8 Å². The Morgan fingerprint density at radius 2 is 1.83 bits per heavy atom. The molecule has 5 heteroatoms. The molecular weight excluding hydrogens is 306 g/mol. The second-order valence-electron chi connectivity index (χ2n) is 7.86. The van der Waals surface area contributed by atoms with Crippen LogP contribution < -0.4 is 0 Å². The van der Waals surface area contributed by atoms with Crippen molar-refractivity contribution in [1.82, 2.24) is 4.90 Å². The summed E-state index contributed by atoms with van der Waals surface area (Å²) in [7, 11) is 0. The van der Waals surface area contributed by atoms with Crippen molar-refractivity contribution >= 4 is 11.9 Å².